The first-order chi connectivity index (χ1) is 8.67. The van der Waals surface area contributed by atoms with E-state index in [2.05, 4.69) is 28.9 Å². The van der Waals surface area contributed by atoms with Gasteiger partial charge in [0.05, 0.1) is 17.6 Å². The van der Waals surface area contributed by atoms with Crippen LogP contribution in [0.15, 0.2) is 23.3 Å². The summed E-state index contributed by atoms with van der Waals surface area (Å²) in [5.74, 6) is 1.20. The van der Waals surface area contributed by atoms with Crippen molar-refractivity contribution in [2.24, 2.45) is 5.11 Å². The molecule has 0 aliphatic carbocycles. The highest BCUT2D eigenvalue weighted by atomic mass is 16.3. The van der Waals surface area contributed by atoms with Crippen molar-refractivity contribution in [3.05, 3.63) is 34.5 Å². The van der Waals surface area contributed by atoms with Crippen molar-refractivity contribution in [3.8, 4) is 0 Å². The maximum Gasteiger partial charge on any atom is 0.112 e. The molecule has 94 valence electrons. The molecule has 1 N–H and O–H groups in total. The minimum absolute atomic E-state index is 0.0727. The normalized spacial score (nSPS) is 10.9. The van der Waals surface area contributed by atoms with Gasteiger partial charge in [0.2, 0.25) is 0 Å². The van der Waals surface area contributed by atoms with Crippen LogP contribution >= 0.6 is 0 Å². The molecule has 1 aromatic carbocycles. The van der Waals surface area contributed by atoms with E-state index in [1.165, 1.54) is 0 Å². The fourth-order valence-corrected chi connectivity index (χ4v) is 2.03. The fraction of sp³-hybridized carbons (Fsp3) is 0.417. The summed E-state index contributed by atoms with van der Waals surface area (Å²) < 4.78 is 2.00. The van der Waals surface area contributed by atoms with Crippen molar-refractivity contribution in [1.29, 1.82) is 0 Å². The second-order valence-corrected chi connectivity index (χ2v) is 4.36. The van der Waals surface area contributed by atoms with Gasteiger partial charge in [0.15, 0.2) is 0 Å². The summed E-state index contributed by atoms with van der Waals surface area (Å²) >= 11 is 0. The SMILES string of the molecule is CC(C)c1nc2cc(N=[N+]=[N-])ccc2n1CCO. The summed E-state index contributed by atoms with van der Waals surface area (Å²) in [6.07, 6.45) is 0. The van der Waals surface area contributed by atoms with E-state index in [0.717, 1.165) is 16.9 Å². The van der Waals surface area contributed by atoms with Crippen LogP contribution in [0, 0.1) is 0 Å². The molecule has 6 nitrogen and oxygen atoms in total. The predicted molar refractivity (Wildman–Crippen MR) is 69.7 cm³/mol. The molecule has 0 saturated heterocycles. The van der Waals surface area contributed by atoms with Crippen LogP contribution in [0.25, 0.3) is 21.5 Å². The minimum Gasteiger partial charge on any atom is -0.395 e. The average molecular weight is 245 g/mol. The molecule has 1 aromatic heterocycles. The fourth-order valence-electron chi connectivity index (χ4n) is 2.03. The molecular weight excluding hydrogens is 230 g/mol. The third-order valence-electron chi connectivity index (χ3n) is 2.76. The molecule has 0 radical (unpaired) electrons. The van der Waals surface area contributed by atoms with E-state index in [1.807, 2.05) is 10.6 Å². The summed E-state index contributed by atoms with van der Waals surface area (Å²) in [5, 5.41) is 12.7. The summed E-state index contributed by atoms with van der Waals surface area (Å²) in [7, 11) is 0. The monoisotopic (exact) mass is 245 g/mol. The van der Waals surface area contributed by atoms with Gasteiger partial charge in [-0.15, -0.1) is 0 Å². The van der Waals surface area contributed by atoms with Crippen molar-refractivity contribution in [2.45, 2.75) is 26.3 Å². The van der Waals surface area contributed by atoms with E-state index >= 15 is 0 Å². The molecule has 0 saturated carbocycles. The highest BCUT2D eigenvalue weighted by Gasteiger charge is 2.13. The number of hydrogen-bond acceptors (Lipinski definition) is 3. The Morgan fingerprint density at radius 2 is 2.28 bits per heavy atom. The third-order valence-corrected chi connectivity index (χ3v) is 2.76. The number of hydrogen-bond donors (Lipinski definition) is 1. The smallest absolute Gasteiger partial charge is 0.112 e. The van der Waals surface area contributed by atoms with Crippen LogP contribution < -0.4 is 0 Å². The van der Waals surface area contributed by atoms with Crippen LogP contribution in [0.4, 0.5) is 5.69 Å². The second kappa shape index (κ2) is 5.08. The summed E-state index contributed by atoms with van der Waals surface area (Å²) in [5.41, 5.74) is 10.7. The molecular formula is C12H15N5O. The number of fused-ring (bicyclic) bond motifs is 1. The topological polar surface area (TPSA) is 86.8 Å². The molecule has 0 bridgehead atoms. The Kier molecular flexibility index (Phi) is 3.50. The molecule has 2 aromatic rings. The van der Waals surface area contributed by atoms with E-state index in [4.69, 9.17) is 10.6 Å². The zero-order valence-electron chi connectivity index (χ0n) is 10.4. The van der Waals surface area contributed by atoms with Crippen molar-refractivity contribution >= 4 is 16.7 Å². The van der Waals surface area contributed by atoms with Crippen molar-refractivity contribution in [1.82, 2.24) is 9.55 Å². The van der Waals surface area contributed by atoms with Gasteiger partial charge in [0, 0.05) is 23.1 Å². The Labute approximate surface area is 105 Å². The Hall–Kier alpha value is -2.04. The lowest BCUT2D eigenvalue weighted by atomic mass is 10.2. The molecule has 6 heteroatoms. The number of nitrogens with zero attached hydrogens (tertiary/aromatic N) is 5. The first-order valence-corrected chi connectivity index (χ1v) is 5.83. The second-order valence-electron chi connectivity index (χ2n) is 4.36. The van der Waals surface area contributed by atoms with Crippen LogP contribution in [-0.2, 0) is 6.54 Å². The van der Waals surface area contributed by atoms with Gasteiger partial charge in [-0.05, 0) is 17.7 Å². The molecule has 0 spiro atoms. The van der Waals surface area contributed by atoms with E-state index in [1.54, 1.807) is 12.1 Å². The maximum absolute atomic E-state index is 9.13. The molecule has 0 aliphatic heterocycles. The van der Waals surface area contributed by atoms with Gasteiger partial charge in [-0.1, -0.05) is 25.0 Å². The first kappa shape index (κ1) is 12.4. The van der Waals surface area contributed by atoms with Gasteiger partial charge < -0.3 is 9.67 Å². The standard InChI is InChI=1S/C12H15N5O/c1-8(2)12-14-10-7-9(15-16-13)3-4-11(10)17(12)5-6-18/h3-4,7-8,18H,5-6H2,1-2H3. The number of imidazole rings is 1. The van der Waals surface area contributed by atoms with Gasteiger partial charge in [0.25, 0.3) is 0 Å². The molecule has 0 unspecified atom stereocenters. The molecule has 0 fully saturated rings. The number of rotatable bonds is 4. The van der Waals surface area contributed by atoms with Crippen LogP contribution in [0.1, 0.15) is 25.6 Å². The van der Waals surface area contributed by atoms with E-state index < -0.39 is 0 Å². The Morgan fingerprint density at radius 1 is 1.50 bits per heavy atom. The Bertz CT molecular complexity index is 610. The minimum atomic E-state index is 0.0727. The molecule has 0 aliphatic rings. The van der Waals surface area contributed by atoms with Crippen molar-refractivity contribution in [2.75, 3.05) is 6.61 Å². The Balaban J connectivity index is 2.63. The summed E-state index contributed by atoms with van der Waals surface area (Å²) in [4.78, 5) is 7.31. The van der Waals surface area contributed by atoms with E-state index in [9.17, 15) is 0 Å². The van der Waals surface area contributed by atoms with Crippen LogP contribution in [-0.4, -0.2) is 21.3 Å². The zero-order chi connectivity index (χ0) is 13.1. The number of aliphatic hydroxyl groups is 1. The highest BCUT2D eigenvalue weighted by Crippen LogP contribution is 2.25. The van der Waals surface area contributed by atoms with E-state index in [-0.39, 0.29) is 12.5 Å². The van der Waals surface area contributed by atoms with Gasteiger partial charge >= 0.3 is 0 Å². The maximum atomic E-state index is 9.13. The largest absolute Gasteiger partial charge is 0.395 e. The van der Waals surface area contributed by atoms with Gasteiger partial charge in [-0.25, -0.2) is 4.98 Å². The first-order valence-electron chi connectivity index (χ1n) is 5.83. The lowest BCUT2D eigenvalue weighted by Crippen LogP contribution is -2.08. The van der Waals surface area contributed by atoms with Gasteiger partial charge in [0.1, 0.15) is 5.82 Å². The van der Waals surface area contributed by atoms with Crippen LogP contribution in [0.5, 0.6) is 0 Å². The predicted octanol–water partition coefficient (Wildman–Crippen LogP) is 3.09. The molecule has 1 heterocycles. The Morgan fingerprint density at radius 3 is 2.89 bits per heavy atom. The third kappa shape index (κ3) is 2.16. The van der Waals surface area contributed by atoms with Crippen molar-refractivity contribution < 1.29 is 5.11 Å². The summed E-state index contributed by atoms with van der Waals surface area (Å²) in [6.45, 7) is 4.71. The number of aliphatic hydroxyl groups excluding tert-OH is 1. The lowest BCUT2D eigenvalue weighted by molar-refractivity contribution is 0.275. The quantitative estimate of drug-likeness (QED) is 0.509. The summed E-state index contributed by atoms with van der Waals surface area (Å²) in [6, 6.07) is 5.38. The number of benzene rings is 1. The molecule has 18 heavy (non-hydrogen) atoms. The lowest BCUT2D eigenvalue weighted by Gasteiger charge is -2.09. The van der Waals surface area contributed by atoms with Gasteiger partial charge in [-0.3, -0.25) is 0 Å². The van der Waals surface area contributed by atoms with Crippen molar-refractivity contribution in [3.63, 3.8) is 0 Å². The molecule has 2 rings (SSSR count). The molecule has 0 atom stereocenters. The average Bonchev–Trinajstić information content (AvgIpc) is 2.69. The molecule has 0 amide bonds. The van der Waals surface area contributed by atoms with Crippen LogP contribution in [0.3, 0.4) is 0 Å². The number of aromatic nitrogens is 2. The van der Waals surface area contributed by atoms with E-state index in [0.29, 0.717) is 12.2 Å². The zero-order valence-corrected chi connectivity index (χ0v) is 10.4. The van der Waals surface area contributed by atoms with Crippen LogP contribution in [0.2, 0.25) is 0 Å². The number of azide groups is 1. The highest BCUT2D eigenvalue weighted by molar-refractivity contribution is 5.79. The van der Waals surface area contributed by atoms with Gasteiger partial charge in [-0.2, -0.15) is 0 Å².